The number of hydrogen-bond acceptors (Lipinski definition) is 5. The molecule has 2 N–H and O–H groups in total. The minimum absolute atomic E-state index is 0.0141. The lowest BCUT2D eigenvalue weighted by molar-refractivity contribution is 0.274. The maximum Gasteiger partial charge on any atom is 0.164 e. The van der Waals surface area contributed by atoms with Gasteiger partial charge in [0.25, 0.3) is 0 Å². The number of benzene rings is 2. The van der Waals surface area contributed by atoms with Gasteiger partial charge in [0.2, 0.25) is 0 Å². The van der Waals surface area contributed by atoms with Gasteiger partial charge in [0, 0.05) is 11.1 Å². The van der Waals surface area contributed by atoms with Crippen molar-refractivity contribution in [2.75, 3.05) is 6.61 Å². The quantitative estimate of drug-likeness (QED) is 0.328. The molecule has 0 radical (unpaired) electrons. The maximum absolute atomic E-state index is 10.5. The largest absolute Gasteiger partial charge is 0.507 e. The number of imidazole rings is 1. The van der Waals surface area contributed by atoms with Gasteiger partial charge in [-0.05, 0) is 37.3 Å². The van der Waals surface area contributed by atoms with Crippen molar-refractivity contribution in [3.63, 3.8) is 0 Å². The summed E-state index contributed by atoms with van der Waals surface area (Å²) in [7, 11) is 0. The van der Waals surface area contributed by atoms with Crippen molar-refractivity contribution in [1.82, 2.24) is 15.0 Å². The van der Waals surface area contributed by atoms with Crippen LogP contribution in [0.4, 0.5) is 0 Å². The number of pyridine rings is 1. The Bertz CT molecular complexity index is 1290. The molecule has 4 rings (SSSR count). The summed E-state index contributed by atoms with van der Waals surface area (Å²) < 4.78 is 5.75. The lowest BCUT2D eigenvalue weighted by atomic mass is 10.2. The first kappa shape index (κ1) is 19.1. The van der Waals surface area contributed by atoms with E-state index in [0.29, 0.717) is 21.4 Å². The number of allylic oxidation sites excluding steroid dienone is 1. The molecule has 2 aromatic carbocycles. The van der Waals surface area contributed by atoms with Crippen LogP contribution in [0.3, 0.4) is 0 Å². The SMILES string of the molecule is Cc1ccc2c(Cl)cc(Cl)c(OCC(O)=C(C#N)c3nc4ccccc4[nH]3)c2n1. The number of ether oxygens (including phenoxy) is 1. The van der Waals surface area contributed by atoms with Crippen LogP contribution in [0.15, 0.2) is 48.2 Å². The highest BCUT2D eigenvalue weighted by molar-refractivity contribution is 6.39. The number of para-hydroxylation sites is 2. The number of aryl methyl sites for hydroxylation is 1. The van der Waals surface area contributed by atoms with Crippen LogP contribution in [0, 0.1) is 18.3 Å². The van der Waals surface area contributed by atoms with Crippen molar-refractivity contribution < 1.29 is 9.84 Å². The van der Waals surface area contributed by atoms with Crippen molar-refractivity contribution in [2.24, 2.45) is 0 Å². The molecule has 6 nitrogen and oxygen atoms in total. The number of hydrogen-bond donors (Lipinski definition) is 2. The Kier molecular flexibility index (Phi) is 5.01. The normalized spacial score (nSPS) is 12.1. The van der Waals surface area contributed by atoms with E-state index in [9.17, 15) is 10.4 Å². The van der Waals surface area contributed by atoms with Crippen molar-refractivity contribution >= 4 is 50.7 Å². The first-order valence-electron chi connectivity index (χ1n) is 8.63. The van der Waals surface area contributed by atoms with E-state index in [1.165, 1.54) is 0 Å². The molecule has 0 amide bonds. The fourth-order valence-electron chi connectivity index (χ4n) is 2.97. The van der Waals surface area contributed by atoms with Crippen molar-refractivity contribution in [3.05, 3.63) is 69.8 Å². The van der Waals surface area contributed by atoms with Gasteiger partial charge in [-0.15, -0.1) is 0 Å². The number of nitrogens with one attached hydrogen (secondary N) is 1. The summed E-state index contributed by atoms with van der Waals surface area (Å²) >= 11 is 12.5. The number of aromatic amines is 1. The van der Waals surface area contributed by atoms with Crippen LogP contribution in [-0.2, 0) is 0 Å². The number of aliphatic hydroxyl groups is 1. The van der Waals surface area contributed by atoms with Gasteiger partial charge in [-0.1, -0.05) is 35.3 Å². The topological polar surface area (TPSA) is 94.8 Å². The smallest absolute Gasteiger partial charge is 0.164 e. The molecule has 0 spiro atoms. The molecule has 0 fully saturated rings. The van der Waals surface area contributed by atoms with E-state index in [0.717, 1.165) is 11.2 Å². The van der Waals surface area contributed by atoms with Crippen LogP contribution in [0.1, 0.15) is 11.5 Å². The van der Waals surface area contributed by atoms with Crippen LogP contribution in [0.5, 0.6) is 5.75 Å². The number of halogens is 2. The fraction of sp³-hybridized carbons (Fsp3) is 0.0952. The molecule has 2 heterocycles. The van der Waals surface area contributed by atoms with Crippen molar-refractivity contribution in [2.45, 2.75) is 6.92 Å². The molecule has 0 aliphatic carbocycles. The second-order valence-electron chi connectivity index (χ2n) is 6.34. The first-order chi connectivity index (χ1) is 14.0. The highest BCUT2D eigenvalue weighted by Crippen LogP contribution is 2.37. The number of rotatable bonds is 4. The van der Waals surface area contributed by atoms with Crippen LogP contribution in [-0.4, -0.2) is 26.7 Å². The number of fused-ring (bicyclic) bond motifs is 2. The summed E-state index contributed by atoms with van der Waals surface area (Å²) in [5, 5.41) is 21.4. The highest BCUT2D eigenvalue weighted by Gasteiger charge is 2.17. The summed E-state index contributed by atoms with van der Waals surface area (Å²) in [5.74, 6) is 0.261. The molecule has 0 saturated heterocycles. The van der Waals surface area contributed by atoms with Gasteiger partial charge in [-0.25, -0.2) is 9.97 Å². The lowest BCUT2D eigenvalue weighted by Crippen LogP contribution is -2.05. The van der Waals surface area contributed by atoms with Gasteiger partial charge in [0.05, 0.1) is 21.1 Å². The Morgan fingerprint density at radius 3 is 2.72 bits per heavy atom. The lowest BCUT2D eigenvalue weighted by Gasteiger charge is -2.12. The standard InChI is InChI=1S/C21H14Cl2N4O2/c1-11-6-7-12-14(22)8-15(23)20(19(12)25-11)29-10-18(28)13(9-24)21-26-16-4-2-3-5-17(16)27-21/h2-8,28H,10H2,1H3,(H,26,27). The summed E-state index contributed by atoms with van der Waals surface area (Å²) in [6.07, 6.45) is 0. The molecule has 0 atom stereocenters. The van der Waals surface area contributed by atoms with Gasteiger partial charge in [-0.3, -0.25) is 0 Å². The van der Waals surface area contributed by atoms with Crippen molar-refractivity contribution in [3.8, 4) is 11.8 Å². The minimum Gasteiger partial charge on any atom is -0.507 e. The number of nitrogens with zero attached hydrogens (tertiary/aromatic N) is 3. The van der Waals surface area contributed by atoms with Gasteiger partial charge in [-0.2, -0.15) is 5.26 Å². The van der Waals surface area contributed by atoms with Gasteiger partial charge in [0.1, 0.15) is 23.8 Å². The molecule has 0 unspecified atom stereocenters. The molecule has 0 aliphatic rings. The molecule has 0 bridgehead atoms. The molecule has 29 heavy (non-hydrogen) atoms. The van der Waals surface area contributed by atoms with E-state index in [2.05, 4.69) is 15.0 Å². The molecule has 144 valence electrons. The Balaban J connectivity index is 1.70. The summed E-state index contributed by atoms with van der Waals surface area (Å²) in [6, 6.07) is 14.5. The molecule has 2 aromatic heterocycles. The second kappa shape index (κ2) is 7.63. The maximum atomic E-state index is 10.5. The average Bonchev–Trinajstić information content (AvgIpc) is 3.11. The van der Waals surface area contributed by atoms with Gasteiger partial charge in [0.15, 0.2) is 17.3 Å². The van der Waals surface area contributed by atoms with Gasteiger partial charge >= 0.3 is 0 Å². The van der Waals surface area contributed by atoms with Crippen LogP contribution in [0.25, 0.3) is 27.5 Å². The van der Waals surface area contributed by atoms with E-state index < -0.39 is 0 Å². The number of aromatic nitrogens is 3. The number of aliphatic hydroxyl groups excluding tert-OH is 1. The molecular formula is C21H14Cl2N4O2. The molecule has 4 aromatic rings. The van der Waals surface area contributed by atoms with Crippen molar-refractivity contribution in [1.29, 1.82) is 5.26 Å². The molecule has 0 aliphatic heterocycles. The first-order valence-corrected chi connectivity index (χ1v) is 9.39. The summed E-state index contributed by atoms with van der Waals surface area (Å²) in [4.78, 5) is 11.8. The Labute approximate surface area is 176 Å². The Morgan fingerprint density at radius 2 is 1.97 bits per heavy atom. The zero-order chi connectivity index (χ0) is 20.5. The zero-order valence-electron chi connectivity index (χ0n) is 15.2. The zero-order valence-corrected chi connectivity index (χ0v) is 16.7. The second-order valence-corrected chi connectivity index (χ2v) is 7.16. The summed E-state index contributed by atoms with van der Waals surface area (Å²) in [5.41, 5.74) is 2.68. The predicted molar refractivity (Wildman–Crippen MR) is 113 cm³/mol. The average molecular weight is 425 g/mol. The van der Waals surface area contributed by atoms with Crippen LogP contribution < -0.4 is 4.74 Å². The van der Waals surface area contributed by atoms with E-state index in [1.54, 1.807) is 6.07 Å². The Hall–Kier alpha value is -3.27. The van der Waals surface area contributed by atoms with E-state index >= 15 is 0 Å². The van der Waals surface area contributed by atoms with Crippen LogP contribution >= 0.6 is 23.2 Å². The third-order valence-electron chi connectivity index (χ3n) is 4.36. The highest BCUT2D eigenvalue weighted by atomic mass is 35.5. The monoisotopic (exact) mass is 424 g/mol. The Morgan fingerprint density at radius 1 is 1.17 bits per heavy atom. The van der Waals surface area contributed by atoms with E-state index in [-0.39, 0.29) is 34.5 Å². The third-order valence-corrected chi connectivity index (χ3v) is 4.95. The summed E-state index contributed by atoms with van der Waals surface area (Å²) in [6.45, 7) is 1.55. The van der Waals surface area contributed by atoms with E-state index in [1.807, 2.05) is 49.4 Å². The molecular weight excluding hydrogens is 411 g/mol. The molecule has 8 heteroatoms. The predicted octanol–water partition coefficient (Wildman–Crippen LogP) is 5.60. The minimum atomic E-state index is -0.286. The van der Waals surface area contributed by atoms with Crippen LogP contribution in [0.2, 0.25) is 10.0 Å². The molecule has 0 saturated carbocycles. The van der Waals surface area contributed by atoms with Gasteiger partial charge < -0.3 is 14.8 Å². The number of H-pyrrole nitrogens is 1. The third kappa shape index (κ3) is 3.58. The number of nitriles is 1. The fourth-order valence-corrected chi connectivity index (χ4v) is 3.54. The van der Waals surface area contributed by atoms with E-state index in [4.69, 9.17) is 27.9 Å².